The Hall–Kier alpha value is -3.46. The van der Waals surface area contributed by atoms with Crippen LogP contribution in [0.5, 0.6) is 5.75 Å². The largest absolute Gasteiger partial charge is 0.487 e. The number of pyridine rings is 1. The predicted octanol–water partition coefficient (Wildman–Crippen LogP) is 6.76. The van der Waals surface area contributed by atoms with Crippen molar-refractivity contribution in [2.45, 2.75) is 76.9 Å². The van der Waals surface area contributed by atoms with Gasteiger partial charge in [0.1, 0.15) is 11.6 Å². The van der Waals surface area contributed by atoms with Gasteiger partial charge in [0.05, 0.1) is 28.3 Å². The van der Waals surface area contributed by atoms with Gasteiger partial charge in [-0.3, -0.25) is 0 Å². The van der Waals surface area contributed by atoms with Crippen LogP contribution in [0.1, 0.15) is 63.9 Å². The maximum absolute atomic E-state index is 14.4. The SMILES string of the molecule is Cc1nnc([C@]2(Cc3cccc(Nc4ccnn4C(C)(C)C)n3)CC[C@@H](Oc3cccc(Cl)c3F)CC2)o1. The summed E-state index contributed by atoms with van der Waals surface area (Å²) in [6.07, 6.45) is 5.14. The lowest BCUT2D eigenvalue weighted by atomic mass is 9.70. The molecular formula is C28H32ClFN6O2. The third-order valence-corrected chi connectivity index (χ3v) is 7.23. The van der Waals surface area contributed by atoms with Crippen LogP contribution in [0.3, 0.4) is 0 Å². The highest BCUT2D eigenvalue weighted by Crippen LogP contribution is 2.43. The zero-order valence-corrected chi connectivity index (χ0v) is 22.8. The van der Waals surface area contributed by atoms with E-state index in [4.69, 9.17) is 25.7 Å². The number of rotatable bonds is 7. The number of hydrogen-bond acceptors (Lipinski definition) is 7. The molecule has 10 heteroatoms. The quantitative estimate of drug-likeness (QED) is 0.278. The Morgan fingerprint density at radius 1 is 1.13 bits per heavy atom. The molecule has 0 amide bonds. The Labute approximate surface area is 226 Å². The van der Waals surface area contributed by atoms with E-state index in [0.29, 0.717) is 31.0 Å². The van der Waals surface area contributed by atoms with Gasteiger partial charge in [0.15, 0.2) is 11.6 Å². The minimum atomic E-state index is -0.528. The van der Waals surface area contributed by atoms with Gasteiger partial charge < -0.3 is 14.5 Å². The highest BCUT2D eigenvalue weighted by molar-refractivity contribution is 6.30. The fourth-order valence-corrected chi connectivity index (χ4v) is 5.22. The minimum Gasteiger partial charge on any atom is -0.487 e. The molecule has 1 aromatic carbocycles. The van der Waals surface area contributed by atoms with Crippen LogP contribution in [0, 0.1) is 12.7 Å². The van der Waals surface area contributed by atoms with E-state index in [1.807, 2.05) is 28.9 Å². The van der Waals surface area contributed by atoms with Gasteiger partial charge >= 0.3 is 0 Å². The highest BCUT2D eigenvalue weighted by atomic mass is 35.5. The molecule has 0 unspecified atom stereocenters. The van der Waals surface area contributed by atoms with Crippen LogP contribution in [0.4, 0.5) is 16.0 Å². The summed E-state index contributed by atoms with van der Waals surface area (Å²) in [6.45, 7) is 8.10. The Bertz CT molecular complexity index is 1400. The van der Waals surface area contributed by atoms with Gasteiger partial charge in [-0.05, 0) is 70.7 Å². The average molecular weight is 539 g/mol. The normalized spacial score (nSPS) is 19.9. The van der Waals surface area contributed by atoms with Crippen LogP contribution in [-0.2, 0) is 17.4 Å². The molecule has 1 aliphatic carbocycles. The van der Waals surface area contributed by atoms with Gasteiger partial charge in [-0.1, -0.05) is 23.7 Å². The van der Waals surface area contributed by atoms with Crippen molar-refractivity contribution in [2.75, 3.05) is 5.32 Å². The van der Waals surface area contributed by atoms with E-state index in [2.05, 4.69) is 41.4 Å². The molecule has 4 aromatic rings. The first-order chi connectivity index (χ1) is 18.1. The zero-order chi connectivity index (χ0) is 26.9. The van der Waals surface area contributed by atoms with Gasteiger partial charge in [0.25, 0.3) is 0 Å². The van der Waals surface area contributed by atoms with Crippen molar-refractivity contribution in [1.29, 1.82) is 0 Å². The van der Waals surface area contributed by atoms with Crippen molar-refractivity contribution in [3.8, 4) is 5.75 Å². The molecule has 0 radical (unpaired) electrons. The van der Waals surface area contributed by atoms with Gasteiger partial charge in [-0.15, -0.1) is 10.2 Å². The predicted molar refractivity (Wildman–Crippen MR) is 143 cm³/mol. The summed E-state index contributed by atoms with van der Waals surface area (Å²) in [5, 5.41) is 16.4. The van der Waals surface area contributed by atoms with E-state index < -0.39 is 11.2 Å². The Balaban J connectivity index is 1.35. The lowest BCUT2D eigenvalue weighted by molar-refractivity contribution is 0.0992. The number of benzene rings is 1. The van der Waals surface area contributed by atoms with Crippen molar-refractivity contribution < 1.29 is 13.5 Å². The first-order valence-electron chi connectivity index (χ1n) is 12.8. The van der Waals surface area contributed by atoms with Crippen molar-refractivity contribution in [3.63, 3.8) is 0 Å². The lowest BCUT2D eigenvalue weighted by Crippen LogP contribution is -2.38. The summed E-state index contributed by atoms with van der Waals surface area (Å²) in [6, 6.07) is 12.7. The lowest BCUT2D eigenvalue weighted by Gasteiger charge is -2.37. The van der Waals surface area contributed by atoms with E-state index in [9.17, 15) is 4.39 Å². The second kappa shape index (κ2) is 10.4. The molecule has 1 saturated carbocycles. The molecule has 200 valence electrons. The first kappa shape index (κ1) is 26.2. The third kappa shape index (κ3) is 5.53. The molecule has 1 fully saturated rings. The molecule has 38 heavy (non-hydrogen) atoms. The number of aryl methyl sites for hydroxylation is 1. The number of hydrogen-bond donors (Lipinski definition) is 1. The number of nitrogens with zero attached hydrogens (tertiary/aromatic N) is 5. The zero-order valence-electron chi connectivity index (χ0n) is 22.0. The smallest absolute Gasteiger partial charge is 0.223 e. The standard InChI is InChI=1S/C28H32ClFN6O2/c1-18-34-35-26(37-18)28(14-11-20(12-15-28)38-22-9-6-8-21(29)25(22)30)17-19-7-5-10-23(32-19)33-24-13-16-31-36(24)27(2,3)4/h5-10,13,16,20H,11-12,14-15,17H2,1-4H3,(H,32,33)/t20-,28-. The van der Waals surface area contributed by atoms with E-state index in [0.717, 1.165) is 30.2 Å². The topological polar surface area (TPSA) is 90.9 Å². The maximum Gasteiger partial charge on any atom is 0.223 e. The van der Waals surface area contributed by atoms with Crippen LogP contribution >= 0.6 is 11.6 Å². The fraction of sp³-hybridized carbons (Fsp3) is 0.429. The summed E-state index contributed by atoms with van der Waals surface area (Å²) in [5.74, 6) is 2.39. The number of aromatic nitrogens is 5. The highest BCUT2D eigenvalue weighted by Gasteiger charge is 2.42. The van der Waals surface area contributed by atoms with E-state index >= 15 is 0 Å². The number of halogens is 2. The van der Waals surface area contributed by atoms with E-state index in [-0.39, 0.29) is 22.4 Å². The summed E-state index contributed by atoms with van der Waals surface area (Å²) >= 11 is 5.94. The first-order valence-corrected chi connectivity index (χ1v) is 13.2. The Morgan fingerprint density at radius 2 is 1.89 bits per heavy atom. The van der Waals surface area contributed by atoms with Crippen molar-refractivity contribution in [2.24, 2.45) is 0 Å². The van der Waals surface area contributed by atoms with Gasteiger partial charge in [0, 0.05) is 25.1 Å². The van der Waals surface area contributed by atoms with Crippen LogP contribution in [0.15, 0.2) is 53.1 Å². The molecular weight excluding hydrogens is 507 g/mol. The monoisotopic (exact) mass is 538 g/mol. The molecule has 3 aromatic heterocycles. The van der Waals surface area contributed by atoms with Crippen LogP contribution < -0.4 is 10.1 Å². The Morgan fingerprint density at radius 3 is 2.61 bits per heavy atom. The molecule has 0 bridgehead atoms. The summed E-state index contributed by atoms with van der Waals surface area (Å²) < 4.78 is 28.3. The van der Waals surface area contributed by atoms with Crippen molar-refractivity contribution in [3.05, 3.63) is 77.0 Å². The molecule has 0 spiro atoms. The second-order valence-corrected chi connectivity index (χ2v) is 11.3. The molecule has 1 aliphatic rings. The number of nitrogens with one attached hydrogen (secondary N) is 1. The van der Waals surface area contributed by atoms with E-state index in [1.54, 1.807) is 25.3 Å². The summed E-state index contributed by atoms with van der Waals surface area (Å²) in [7, 11) is 0. The summed E-state index contributed by atoms with van der Waals surface area (Å²) in [5.41, 5.74) is 0.345. The van der Waals surface area contributed by atoms with Crippen LogP contribution in [0.2, 0.25) is 5.02 Å². The maximum atomic E-state index is 14.4. The average Bonchev–Trinajstić information content (AvgIpc) is 3.53. The van der Waals surface area contributed by atoms with Crippen molar-refractivity contribution in [1.82, 2.24) is 25.0 Å². The van der Waals surface area contributed by atoms with Crippen LogP contribution in [0.25, 0.3) is 0 Å². The molecule has 0 saturated heterocycles. The van der Waals surface area contributed by atoms with E-state index in [1.165, 1.54) is 6.07 Å². The summed E-state index contributed by atoms with van der Waals surface area (Å²) in [4.78, 5) is 4.91. The van der Waals surface area contributed by atoms with Gasteiger partial charge in [-0.2, -0.15) is 5.10 Å². The molecule has 5 rings (SSSR count). The van der Waals surface area contributed by atoms with Gasteiger partial charge in [0.2, 0.25) is 11.8 Å². The molecule has 0 aliphatic heterocycles. The minimum absolute atomic E-state index is 0.0547. The van der Waals surface area contributed by atoms with Crippen LogP contribution in [-0.4, -0.2) is 31.1 Å². The third-order valence-electron chi connectivity index (χ3n) is 6.94. The molecule has 0 atom stereocenters. The second-order valence-electron chi connectivity index (χ2n) is 10.9. The van der Waals surface area contributed by atoms with Gasteiger partial charge in [-0.25, -0.2) is 14.1 Å². The van der Waals surface area contributed by atoms with Crippen molar-refractivity contribution >= 4 is 23.2 Å². The fourth-order valence-electron chi connectivity index (χ4n) is 5.05. The molecule has 8 nitrogen and oxygen atoms in total. The molecule has 3 heterocycles. The number of ether oxygens (including phenoxy) is 1. The Kier molecular flexibility index (Phi) is 7.13. The number of anilines is 2. The molecule has 1 N–H and O–H groups in total.